The van der Waals surface area contributed by atoms with Crippen molar-refractivity contribution in [2.45, 2.75) is 0 Å². The third-order valence-electron chi connectivity index (χ3n) is 2.92. The number of ether oxygens (including phenoxy) is 2. The zero-order chi connectivity index (χ0) is 11.9. The van der Waals surface area contributed by atoms with Gasteiger partial charge in [0.2, 0.25) is 0 Å². The van der Waals surface area contributed by atoms with E-state index in [0.717, 1.165) is 33.9 Å². The summed E-state index contributed by atoms with van der Waals surface area (Å²) < 4.78 is 11.1. The quantitative estimate of drug-likeness (QED) is 0.681. The van der Waals surface area contributed by atoms with E-state index in [-0.39, 0.29) is 0 Å². The maximum atomic E-state index is 5.54. The van der Waals surface area contributed by atoms with Gasteiger partial charge in [-0.05, 0) is 0 Å². The molecule has 6 heteroatoms. The van der Waals surface area contributed by atoms with Gasteiger partial charge in [-0.1, -0.05) is 0 Å². The zero-order valence-electron chi connectivity index (χ0n) is 9.43. The first-order chi connectivity index (χ1) is 8.90. The fraction of sp³-hybridized carbons (Fsp3) is 0.167. The summed E-state index contributed by atoms with van der Waals surface area (Å²) >= 11 is 0. The van der Waals surface area contributed by atoms with E-state index < -0.39 is 0 Å². The molecule has 0 radical (unpaired) electrons. The number of H-pyrrole nitrogens is 2. The number of benzene rings is 1. The topological polar surface area (TPSA) is 75.8 Å². The first-order valence-electron chi connectivity index (χ1n) is 5.69. The van der Waals surface area contributed by atoms with Crippen LogP contribution in [0.15, 0.2) is 24.5 Å². The second kappa shape index (κ2) is 3.49. The summed E-state index contributed by atoms with van der Waals surface area (Å²) in [5.41, 5.74) is 2.71. The summed E-state index contributed by atoms with van der Waals surface area (Å²) in [4.78, 5) is 7.75. The molecule has 18 heavy (non-hydrogen) atoms. The average Bonchev–Trinajstić information content (AvgIpc) is 3.04. The molecule has 0 spiro atoms. The number of nitrogens with zero attached hydrogens (tertiary/aromatic N) is 2. The molecule has 3 aromatic rings. The number of aromatic amines is 2. The molecule has 90 valence electrons. The van der Waals surface area contributed by atoms with Crippen LogP contribution >= 0.6 is 0 Å². The van der Waals surface area contributed by atoms with Gasteiger partial charge < -0.3 is 14.5 Å². The Labute approximate surface area is 102 Å². The number of imidazole rings is 1. The van der Waals surface area contributed by atoms with Crippen LogP contribution in [-0.4, -0.2) is 33.4 Å². The minimum Gasteiger partial charge on any atom is -0.486 e. The van der Waals surface area contributed by atoms with Gasteiger partial charge >= 0.3 is 0 Å². The predicted molar refractivity (Wildman–Crippen MR) is 64.7 cm³/mol. The fourth-order valence-corrected chi connectivity index (χ4v) is 2.06. The highest BCUT2D eigenvalue weighted by atomic mass is 16.6. The molecule has 0 aliphatic carbocycles. The van der Waals surface area contributed by atoms with Crippen LogP contribution in [0.1, 0.15) is 0 Å². The van der Waals surface area contributed by atoms with Crippen LogP contribution in [0.2, 0.25) is 0 Å². The maximum Gasteiger partial charge on any atom is 0.163 e. The standard InChI is InChI=1S/C12H10N4O2/c1-2-18-11-4-9-8(3-10(11)17-1)15-12(16-9)7-5-13-14-6-7/h3-6H,1-2H2,(H,13,14)(H,15,16). The summed E-state index contributed by atoms with van der Waals surface area (Å²) in [6.45, 7) is 1.17. The van der Waals surface area contributed by atoms with Crippen molar-refractivity contribution < 1.29 is 9.47 Å². The van der Waals surface area contributed by atoms with E-state index in [1.54, 1.807) is 12.4 Å². The number of rotatable bonds is 1. The van der Waals surface area contributed by atoms with Gasteiger partial charge in [0.15, 0.2) is 11.5 Å². The van der Waals surface area contributed by atoms with E-state index in [4.69, 9.17) is 9.47 Å². The van der Waals surface area contributed by atoms with Crippen LogP contribution in [0.3, 0.4) is 0 Å². The Bertz CT molecular complexity index is 659. The van der Waals surface area contributed by atoms with Gasteiger partial charge in [0.25, 0.3) is 0 Å². The van der Waals surface area contributed by atoms with E-state index in [1.165, 1.54) is 0 Å². The lowest BCUT2D eigenvalue weighted by Crippen LogP contribution is -2.15. The van der Waals surface area contributed by atoms with Crippen molar-refractivity contribution >= 4 is 11.0 Å². The van der Waals surface area contributed by atoms with Crippen LogP contribution < -0.4 is 9.47 Å². The molecular formula is C12H10N4O2. The Hall–Kier alpha value is -2.50. The fourth-order valence-electron chi connectivity index (χ4n) is 2.06. The van der Waals surface area contributed by atoms with Gasteiger partial charge in [-0.3, -0.25) is 5.10 Å². The Morgan fingerprint density at radius 2 is 1.94 bits per heavy atom. The van der Waals surface area contributed by atoms with Crippen molar-refractivity contribution in [3.63, 3.8) is 0 Å². The maximum absolute atomic E-state index is 5.54. The van der Waals surface area contributed by atoms with E-state index >= 15 is 0 Å². The Morgan fingerprint density at radius 1 is 1.11 bits per heavy atom. The minimum absolute atomic E-state index is 0.581. The second-order valence-electron chi connectivity index (χ2n) is 4.09. The molecule has 4 rings (SSSR count). The van der Waals surface area contributed by atoms with Gasteiger partial charge in [-0.25, -0.2) is 4.98 Å². The molecular weight excluding hydrogens is 232 g/mol. The molecule has 0 amide bonds. The third kappa shape index (κ3) is 1.35. The number of hydrogen-bond acceptors (Lipinski definition) is 4. The molecule has 1 aromatic carbocycles. The van der Waals surface area contributed by atoms with Gasteiger partial charge in [-0.15, -0.1) is 0 Å². The number of nitrogens with one attached hydrogen (secondary N) is 2. The summed E-state index contributed by atoms with van der Waals surface area (Å²) in [6.07, 6.45) is 3.52. The zero-order valence-corrected chi connectivity index (χ0v) is 9.43. The highest BCUT2D eigenvalue weighted by Gasteiger charge is 2.15. The van der Waals surface area contributed by atoms with Crippen molar-refractivity contribution in [2.24, 2.45) is 0 Å². The Morgan fingerprint density at radius 3 is 2.72 bits per heavy atom. The summed E-state index contributed by atoms with van der Waals surface area (Å²) in [7, 11) is 0. The van der Waals surface area contributed by atoms with Crippen LogP contribution in [0.25, 0.3) is 22.4 Å². The molecule has 6 nitrogen and oxygen atoms in total. The summed E-state index contributed by atoms with van der Waals surface area (Å²) in [6, 6.07) is 3.81. The highest BCUT2D eigenvalue weighted by molar-refractivity contribution is 5.83. The first-order valence-corrected chi connectivity index (χ1v) is 5.69. The molecule has 0 atom stereocenters. The van der Waals surface area contributed by atoms with E-state index in [0.29, 0.717) is 13.2 Å². The molecule has 3 heterocycles. The lowest BCUT2D eigenvalue weighted by atomic mass is 10.2. The minimum atomic E-state index is 0.581. The van der Waals surface area contributed by atoms with Crippen molar-refractivity contribution in [3.05, 3.63) is 24.5 Å². The highest BCUT2D eigenvalue weighted by Crippen LogP contribution is 2.34. The van der Waals surface area contributed by atoms with Gasteiger partial charge in [0.1, 0.15) is 19.0 Å². The number of aromatic nitrogens is 4. The number of fused-ring (bicyclic) bond motifs is 2. The van der Waals surface area contributed by atoms with E-state index in [1.807, 2.05) is 12.1 Å². The molecule has 0 saturated carbocycles. The second-order valence-corrected chi connectivity index (χ2v) is 4.09. The van der Waals surface area contributed by atoms with Crippen molar-refractivity contribution in [1.29, 1.82) is 0 Å². The molecule has 1 aliphatic rings. The third-order valence-corrected chi connectivity index (χ3v) is 2.92. The molecule has 1 aliphatic heterocycles. The normalized spacial score (nSPS) is 14.0. The van der Waals surface area contributed by atoms with Crippen molar-refractivity contribution in [2.75, 3.05) is 13.2 Å². The largest absolute Gasteiger partial charge is 0.486 e. The molecule has 0 fully saturated rings. The van der Waals surface area contributed by atoms with Crippen LogP contribution in [-0.2, 0) is 0 Å². The van der Waals surface area contributed by atoms with Crippen LogP contribution in [0, 0.1) is 0 Å². The Kier molecular flexibility index (Phi) is 1.85. The van der Waals surface area contributed by atoms with Gasteiger partial charge in [0, 0.05) is 18.3 Å². The first kappa shape index (κ1) is 9.52. The van der Waals surface area contributed by atoms with Crippen molar-refractivity contribution in [3.8, 4) is 22.9 Å². The van der Waals surface area contributed by atoms with E-state index in [2.05, 4.69) is 20.2 Å². The predicted octanol–water partition coefficient (Wildman–Crippen LogP) is 1.72. The monoisotopic (exact) mass is 242 g/mol. The smallest absolute Gasteiger partial charge is 0.163 e. The summed E-state index contributed by atoms with van der Waals surface area (Å²) in [5.74, 6) is 2.29. The van der Waals surface area contributed by atoms with Crippen LogP contribution in [0.5, 0.6) is 11.5 Å². The lowest BCUT2D eigenvalue weighted by molar-refractivity contribution is 0.172. The SMILES string of the molecule is c1n[nH]cc1-c1nc2cc3c(cc2[nH]1)OCCO3. The molecule has 0 bridgehead atoms. The number of hydrogen-bond donors (Lipinski definition) is 2. The Balaban J connectivity index is 1.90. The summed E-state index contributed by atoms with van der Waals surface area (Å²) in [5, 5.41) is 6.68. The molecule has 2 aromatic heterocycles. The lowest BCUT2D eigenvalue weighted by Gasteiger charge is -2.17. The molecule has 0 saturated heterocycles. The van der Waals surface area contributed by atoms with Crippen molar-refractivity contribution in [1.82, 2.24) is 20.2 Å². The van der Waals surface area contributed by atoms with Gasteiger partial charge in [-0.2, -0.15) is 5.10 Å². The van der Waals surface area contributed by atoms with Crippen LogP contribution in [0.4, 0.5) is 0 Å². The molecule has 0 unspecified atom stereocenters. The van der Waals surface area contributed by atoms with E-state index in [9.17, 15) is 0 Å². The van der Waals surface area contributed by atoms with Gasteiger partial charge in [0.05, 0.1) is 22.8 Å². The average molecular weight is 242 g/mol. The molecule has 2 N–H and O–H groups in total.